The first-order chi connectivity index (χ1) is 13.4. The maximum atomic E-state index is 12.4. The van der Waals surface area contributed by atoms with Crippen molar-refractivity contribution in [2.24, 2.45) is 5.73 Å². The summed E-state index contributed by atoms with van der Waals surface area (Å²) in [6.07, 6.45) is 8.73. The van der Waals surface area contributed by atoms with Gasteiger partial charge in [-0.2, -0.15) is 0 Å². The van der Waals surface area contributed by atoms with Crippen LogP contribution in [0.15, 0.2) is 24.3 Å². The zero-order chi connectivity index (χ0) is 20.2. The second-order valence-corrected chi connectivity index (χ2v) is 8.51. The molecule has 3 fully saturated rings. The minimum Gasteiger partial charge on any atom is -0.378 e. The van der Waals surface area contributed by atoms with Crippen molar-refractivity contribution < 1.29 is 9.53 Å². The number of amides is 1. The number of carbonyl (C=O) groups excluding carboxylic acids is 1. The Labute approximate surface area is 168 Å². The van der Waals surface area contributed by atoms with Gasteiger partial charge in [0.1, 0.15) is 0 Å². The Bertz CT molecular complexity index is 676. The molecule has 0 radical (unpaired) electrons. The standard InChI is InChI=1S/C22H34N4O2/c1-26(20(23)24)16-4-3-15-25-19(27)17-5-7-18(8-6-17)21-9-12-22(28-2,13-10-21)14-11-21/h5-8H,3-4,9-16H2,1-2H3,(H3,23,24)(H,25,27). The summed E-state index contributed by atoms with van der Waals surface area (Å²) in [6.45, 7) is 1.36. The molecule has 4 N–H and O–H groups in total. The SMILES string of the molecule is COC12CCC(c3ccc(C(=O)NCCCCN(C)C(=N)N)cc3)(CC1)CC2. The summed E-state index contributed by atoms with van der Waals surface area (Å²) in [7, 11) is 3.66. The van der Waals surface area contributed by atoms with Crippen LogP contribution in [-0.4, -0.2) is 49.6 Å². The van der Waals surface area contributed by atoms with Crippen LogP contribution in [-0.2, 0) is 10.2 Å². The molecule has 3 aliphatic carbocycles. The van der Waals surface area contributed by atoms with Crippen molar-refractivity contribution in [3.05, 3.63) is 35.4 Å². The molecule has 0 saturated heterocycles. The van der Waals surface area contributed by atoms with Gasteiger partial charge in [0, 0.05) is 32.8 Å². The Morgan fingerprint density at radius 3 is 2.29 bits per heavy atom. The minimum atomic E-state index is -0.0188. The first-order valence-corrected chi connectivity index (χ1v) is 10.4. The quantitative estimate of drug-likeness (QED) is 0.364. The van der Waals surface area contributed by atoms with Gasteiger partial charge in [-0.3, -0.25) is 10.2 Å². The van der Waals surface area contributed by atoms with Crippen molar-refractivity contribution in [2.45, 2.75) is 62.4 Å². The number of fused-ring (bicyclic) bond motifs is 3. The molecule has 154 valence electrons. The van der Waals surface area contributed by atoms with Gasteiger partial charge < -0.3 is 20.7 Å². The monoisotopic (exact) mass is 386 g/mol. The number of hydrogen-bond donors (Lipinski definition) is 3. The van der Waals surface area contributed by atoms with E-state index < -0.39 is 0 Å². The summed E-state index contributed by atoms with van der Waals surface area (Å²) in [6, 6.07) is 8.25. The molecule has 28 heavy (non-hydrogen) atoms. The third-order valence-corrected chi connectivity index (χ3v) is 6.99. The lowest BCUT2D eigenvalue weighted by Crippen LogP contribution is -2.49. The van der Waals surface area contributed by atoms with E-state index in [4.69, 9.17) is 15.9 Å². The average molecular weight is 387 g/mol. The number of carbonyl (C=O) groups is 1. The molecule has 0 heterocycles. The van der Waals surface area contributed by atoms with E-state index in [1.165, 1.54) is 24.8 Å². The molecular formula is C22H34N4O2. The largest absolute Gasteiger partial charge is 0.378 e. The Kier molecular flexibility index (Phi) is 6.28. The van der Waals surface area contributed by atoms with E-state index in [0.717, 1.165) is 44.2 Å². The molecule has 3 aliphatic rings. The fourth-order valence-corrected chi connectivity index (χ4v) is 4.76. The molecule has 4 rings (SSSR count). The van der Waals surface area contributed by atoms with Gasteiger partial charge in [0.25, 0.3) is 5.91 Å². The molecule has 0 spiro atoms. The first kappa shape index (κ1) is 20.6. The third kappa shape index (κ3) is 4.32. The van der Waals surface area contributed by atoms with Gasteiger partial charge >= 0.3 is 0 Å². The molecule has 3 saturated carbocycles. The van der Waals surface area contributed by atoms with Crippen LogP contribution in [0.4, 0.5) is 0 Å². The van der Waals surface area contributed by atoms with Crippen molar-refractivity contribution in [2.75, 3.05) is 27.2 Å². The number of ether oxygens (including phenoxy) is 1. The minimum absolute atomic E-state index is 0.0188. The predicted octanol–water partition coefficient (Wildman–Crippen LogP) is 3.01. The van der Waals surface area contributed by atoms with E-state index >= 15 is 0 Å². The first-order valence-electron chi connectivity index (χ1n) is 10.4. The van der Waals surface area contributed by atoms with Crippen molar-refractivity contribution in [1.29, 1.82) is 5.41 Å². The molecule has 0 unspecified atom stereocenters. The molecule has 0 atom stereocenters. The van der Waals surface area contributed by atoms with E-state index in [0.29, 0.717) is 6.54 Å². The summed E-state index contributed by atoms with van der Waals surface area (Å²) >= 11 is 0. The van der Waals surface area contributed by atoms with Crippen LogP contribution in [0.2, 0.25) is 0 Å². The highest BCUT2D eigenvalue weighted by molar-refractivity contribution is 5.94. The van der Waals surface area contributed by atoms with Gasteiger partial charge in [0.05, 0.1) is 5.60 Å². The second kappa shape index (κ2) is 8.52. The fraction of sp³-hybridized carbons (Fsp3) is 0.636. The molecule has 6 nitrogen and oxygen atoms in total. The maximum Gasteiger partial charge on any atom is 0.251 e. The summed E-state index contributed by atoms with van der Waals surface area (Å²) < 4.78 is 5.80. The highest BCUT2D eigenvalue weighted by Crippen LogP contribution is 2.54. The van der Waals surface area contributed by atoms with Gasteiger partial charge in [-0.1, -0.05) is 12.1 Å². The number of benzene rings is 1. The number of nitrogens with one attached hydrogen (secondary N) is 2. The van der Waals surface area contributed by atoms with Gasteiger partial charge in [0.2, 0.25) is 0 Å². The normalized spacial score (nSPS) is 26.1. The number of nitrogens with zero attached hydrogens (tertiary/aromatic N) is 1. The van der Waals surface area contributed by atoms with Gasteiger partial charge in [-0.25, -0.2) is 0 Å². The van der Waals surface area contributed by atoms with E-state index in [2.05, 4.69) is 17.4 Å². The van der Waals surface area contributed by atoms with Crippen molar-refractivity contribution in [3.63, 3.8) is 0 Å². The number of guanidine groups is 1. The lowest BCUT2D eigenvalue weighted by molar-refractivity contribution is -0.0955. The Morgan fingerprint density at radius 1 is 1.14 bits per heavy atom. The van der Waals surface area contributed by atoms with Crippen LogP contribution in [0.5, 0.6) is 0 Å². The lowest BCUT2D eigenvalue weighted by Gasteiger charge is -2.53. The third-order valence-electron chi connectivity index (χ3n) is 6.99. The highest BCUT2D eigenvalue weighted by atomic mass is 16.5. The molecule has 0 aromatic heterocycles. The van der Waals surface area contributed by atoms with E-state index in [1.807, 2.05) is 19.2 Å². The lowest BCUT2D eigenvalue weighted by atomic mass is 9.56. The van der Waals surface area contributed by atoms with Crippen molar-refractivity contribution in [1.82, 2.24) is 10.2 Å². The van der Waals surface area contributed by atoms with E-state index in [1.54, 1.807) is 11.9 Å². The summed E-state index contributed by atoms with van der Waals surface area (Å²) in [5.41, 5.74) is 7.91. The highest BCUT2D eigenvalue weighted by Gasteiger charge is 2.49. The smallest absolute Gasteiger partial charge is 0.251 e. The molecule has 0 aliphatic heterocycles. The Morgan fingerprint density at radius 2 is 1.75 bits per heavy atom. The molecule has 1 aromatic rings. The van der Waals surface area contributed by atoms with E-state index in [9.17, 15) is 4.79 Å². The van der Waals surface area contributed by atoms with Crippen LogP contribution >= 0.6 is 0 Å². The zero-order valence-electron chi connectivity index (χ0n) is 17.2. The Balaban J connectivity index is 1.48. The van der Waals surface area contributed by atoms with E-state index in [-0.39, 0.29) is 22.9 Å². The van der Waals surface area contributed by atoms with Crippen LogP contribution < -0.4 is 11.1 Å². The van der Waals surface area contributed by atoms with Gasteiger partial charge in [-0.15, -0.1) is 0 Å². The Hall–Kier alpha value is -2.08. The zero-order valence-corrected chi connectivity index (χ0v) is 17.2. The average Bonchev–Trinajstić information content (AvgIpc) is 2.74. The number of methoxy groups -OCH3 is 1. The van der Waals surface area contributed by atoms with Crippen LogP contribution in [0.3, 0.4) is 0 Å². The van der Waals surface area contributed by atoms with Gasteiger partial charge in [-0.05, 0) is 74.5 Å². The van der Waals surface area contributed by atoms with Gasteiger partial charge in [0.15, 0.2) is 5.96 Å². The maximum absolute atomic E-state index is 12.4. The molecule has 2 bridgehead atoms. The predicted molar refractivity (Wildman–Crippen MR) is 112 cm³/mol. The topological polar surface area (TPSA) is 91.4 Å². The van der Waals surface area contributed by atoms with Crippen molar-refractivity contribution in [3.8, 4) is 0 Å². The van der Waals surface area contributed by atoms with Crippen molar-refractivity contribution >= 4 is 11.9 Å². The number of unbranched alkanes of at least 4 members (excludes halogenated alkanes) is 1. The second-order valence-electron chi connectivity index (χ2n) is 8.51. The number of nitrogens with two attached hydrogens (primary N) is 1. The van der Waals surface area contributed by atoms with Crippen LogP contribution in [0.25, 0.3) is 0 Å². The fourth-order valence-electron chi connectivity index (χ4n) is 4.76. The summed E-state index contributed by atoms with van der Waals surface area (Å²) in [5, 5.41) is 10.3. The summed E-state index contributed by atoms with van der Waals surface area (Å²) in [5.74, 6) is 0.0575. The summed E-state index contributed by atoms with van der Waals surface area (Å²) in [4.78, 5) is 14.1. The number of rotatable bonds is 8. The van der Waals surface area contributed by atoms with Crippen LogP contribution in [0, 0.1) is 5.41 Å². The van der Waals surface area contributed by atoms with Crippen LogP contribution in [0.1, 0.15) is 67.3 Å². The molecule has 1 amide bonds. The molecular weight excluding hydrogens is 352 g/mol. The molecule has 6 heteroatoms. The number of hydrogen-bond acceptors (Lipinski definition) is 3. The molecule has 1 aromatic carbocycles.